The van der Waals surface area contributed by atoms with Crippen molar-refractivity contribution in [2.24, 2.45) is 0 Å². The number of hydrogen-bond acceptors (Lipinski definition) is 6. The first-order valence-electron chi connectivity index (χ1n) is 11.9. The van der Waals surface area contributed by atoms with Crippen LogP contribution in [0.5, 0.6) is 17.2 Å². The van der Waals surface area contributed by atoms with Crippen LogP contribution >= 0.6 is 0 Å². The maximum absolute atomic E-state index is 14.7. The molecule has 9 heteroatoms. The lowest BCUT2D eigenvalue weighted by molar-refractivity contribution is -0.0685. The Morgan fingerprint density at radius 1 is 0.632 bits per heavy atom. The largest absolute Gasteiger partial charge is 0.492 e. The lowest BCUT2D eigenvalue weighted by atomic mass is 9.89. The number of likely N-dealkylation sites (N-methyl/N-ethyl adjacent to an activating group) is 1. The number of allylic oxidation sites excluding steroid dienone is 1. The molecule has 0 atom stereocenters. The minimum Gasteiger partial charge on any atom is -0.492 e. The van der Waals surface area contributed by atoms with Gasteiger partial charge in [-0.1, -0.05) is 36.4 Å². The molecule has 6 nitrogen and oxygen atoms in total. The van der Waals surface area contributed by atoms with Crippen LogP contribution in [0.25, 0.3) is 11.1 Å². The molecule has 0 heterocycles. The predicted octanol–water partition coefficient (Wildman–Crippen LogP) is 6.11. The van der Waals surface area contributed by atoms with Gasteiger partial charge in [0.1, 0.15) is 23.9 Å². The van der Waals surface area contributed by atoms with Gasteiger partial charge >= 0.3 is 6.18 Å². The first kappa shape index (κ1) is 29.0. The van der Waals surface area contributed by atoms with Crippen LogP contribution in [0.2, 0.25) is 0 Å². The van der Waals surface area contributed by atoms with Crippen molar-refractivity contribution in [1.29, 1.82) is 0 Å². The number of rotatable bonds is 13. The van der Waals surface area contributed by atoms with E-state index in [2.05, 4.69) is 0 Å². The van der Waals surface area contributed by atoms with Crippen molar-refractivity contribution >= 4 is 11.1 Å². The molecule has 0 aromatic heterocycles. The summed E-state index contributed by atoms with van der Waals surface area (Å²) in [5, 5.41) is 0. The number of hydrogen-bond donors (Lipinski definition) is 0. The molecule has 0 aliphatic carbocycles. The van der Waals surface area contributed by atoms with E-state index in [4.69, 9.17) is 23.7 Å². The van der Waals surface area contributed by atoms with Crippen LogP contribution in [-0.2, 0) is 9.47 Å². The lowest BCUT2D eigenvalue weighted by Gasteiger charge is -2.20. The Morgan fingerprint density at radius 3 is 1.39 bits per heavy atom. The van der Waals surface area contributed by atoms with Crippen molar-refractivity contribution in [3.05, 3.63) is 89.5 Å². The third-order valence-corrected chi connectivity index (χ3v) is 5.46. The molecular weight excluding hydrogens is 499 g/mol. The van der Waals surface area contributed by atoms with Crippen molar-refractivity contribution in [2.45, 2.75) is 6.18 Å². The summed E-state index contributed by atoms with van der Waals surface area (Å²) in [6.45, 7) is 1.20. The zero-order chi connectivity index (χ0) is 27.5. The Morgan fingerprint density at radius 2 is 1.03 bits per heavy atom. The summed E-state index contributed by atoms with van der Waals surface area (Å²) in [6, 6.07) is 18.8. The number of alkyl halides is 3. The average Bonchev–Trinajstić information content (AvgIpc) is 2.90. The van der Waals surface area contributed by atoms with Crippen molar-refractivity contribution in [3.63, 3.8) is 0 Å². The number of nitrogens with zero attached hydrogens (tertiary/aromatic N) is 1. The van der Waals surface area contributed by atoms with Gasteiger partial charge in [-0.2, -0.15) is 13.2 Å². The summed E-state index contributed by atoms with van der Waals surface area (Å²) < 4.78 is 70.4. The molecule has 0 saturated heterocycles. The van der Waals surface area contributed by atoms with Crippen LogP contribution in [0.15, 0.2) is 72.8 Å². The molecule has 0 spiro atoms. The van der Waals surface area contributed by atoms with Crippen LogP contribution < -0.4 is 14.2 Å². The Kier molecular flexibility index (Phi) is 10.6. The summed E-state index contributed by atoms with van der Waals surface area (Å²) >= 11 is 0. The second kappa shape index (κ2) is 13.9. The van der Waals surface area contributed by atoms with E-state index in [1.54, 1.807) is 48.5 Å². The van der Waals surface area contributed by atoms with Gasteiger partial charge in [0.2, 0.25) is 0 Å². The third kappa shape index (κ3) is 8.24. The first-order valence-corrected chi connectivity index (χ1v) is 11.9. The zero-order valence-electron chi connectivity index (χ0n) is 21.9. The quantitative estimate of drug-likeness (QED) is 0.196. The fraction of sp³-hybridized carbons (Fsp3) is 0.310. The highest BCUT2D eigenvalue weighted by Crippen LogP contribution is 2.43. The fourth-order valence-electron chi connectivity index (χ4n) is 3.66. The molecule has 0 N–H and O–H groups in total. The van der Waals surface area contributed by atoms with Crippen molar-refractivity contribution in [3.8, 4) is 17.2 Å². The van der Waals surface area contributed by atoms with Crippen LogP contribution in [-0.4, -0.2) is 66.1 Å². The Balaban J connectivity index is 2.10. The zero-order valence-corrected chi connectivity index (χ0v) is 21.9. The van der Waals surface area contributed by atoms with Crippen molar-refractivity contribution < 1.29 is 36.9 Å². The van der Waals surface area contributed by atoms with Gasteiger partial charge in [-0.05, 0) is 67.2 Å². The molecule has 0 bridgehead atoms. The van der Waals surface area contributed by atoms with Crippen LogP contribution in [0.1, 0.15) is 16.7 Å². The van der Waals surface area contributed by atoms with Gasteiger partial charge in [-0.25, -0.2) is 0 Å². The normalized spacial score (nSPS) is 12.3. The molecule has 0 aliphatic rings. The van der Waals surface area contributed by atoms with Gasteiger partial charge in [-0.3, -0.25) is 0 Å². The van der Waals surface area contributed by atoms with Gasteiger partial charge in [0.25, 0.3) is 0 Å². The molecule has 38 heavy (non-hydrogen) atoms. The van der Waals surface area contributed by atoms with E-state index in [-0.39, 0.29) is 24.7 Å². The highest BCUT2D eigenvalue weighted by atomic mass is 19.4. The number of halogens is 3. The summed E-state index contributed by atoms with van der Waals surface area (Å²) in [6.07, 6.45) is -4.66. The Bertz CT molecular complexity index is 1160. The molecule has 0 radical (unpaired) electrons. The second-order valence-corrected chi connectivity index (χ2v) is 8.57. The van der Waals surface area contributed by atoms with E-state index in [0.717, 1.165) is 0 Å². The Hall–Kier alpha value is -3.53. The van der Waals surface area contributed by atoms with Gasteiger partial charge in [0.05, 0.1) is 5.57 Å². The van der Waals surface area contributed by atoms with E-state index >= 15 is 0 Å². The molecule has 0 saturated carbocycles. The molecule has 0 aliphatic heterocycles. The smallest absolute Gasteiger partial charge is 0.417 e. The van der Waals surface area contributed by atoms with Gasteiger partial charge < -0.3 is 28.6 Å². The summed E-state index contributed by atoms with van der Waals surface area (Å²) in [5.41, 5.74) is 0.0257. The molecular formula is C29H32F3NO5. The minimum atomic E-state index is -4.66. The van der Waals surface area contributed by atoms with E-state index in [9.17, 15) is 13.2 Å². The van der Waals surface area contributed by atoms with E-state index in [0.29, 0.717) is 41.5 Å². The fourth-order valence-corrected chi connectivity index (χ4v) is 3.66. The van der Waals surface area contributed by atoms with Gasteiger partial charge in [0.15, 0.2) is 13.6 Å². The highest BCUT2D eigenvalue weighted by Gasteiger charge is 2.38. The lowest BCUT2D eigenvalue weighted by Crippen LogP contribution is -2.19. The second-order valence-electron chi connectivity index (χ2n) is 8.57. The monoisotopic (exact) mass is 531 g/mol. The molecule has 204 valence electrons. The maximum atomic E-state index is 14.7. The summed E-state index contributed by atoms with van der Waals surface area (Å²) in [4.78, 5) is 1.98. The summed E-state index contributed by atoms with van der Waals surface area (Å²) in [7, 11) is 6.83. The average molecular weight is 532 g/mol. The van der Waals surface area contributed by atoms with E-state index < -0.39 is 11.7 Å². The number of methoxy groups -OCH3 is 2. The van der Waals surface area contributed by atoms with Crippen molar-refractivity contribution in [2.75, 3.05) is 55.1 Å². The first-order chi connectivity index (χ1) is 18.2. The van der Waals surface area contributed by atoms with Crippen molar-refractivity contribution in [1.82, 2.24) is 4.90 Å². The molecule has 0 unspecified atom stereocenters. The van der Waals surface area contributed by atoms with Crippen LogP contribution in [0.3, 0.4) is 0 Å². The molecule has 3 rings (SSSR count). The molecule has 3 aromatic rings. The number of benzene rings is 3. The third-order valence-electron chi connectivity index (χ3n) is 5.46. The van der Waals surface area contributed by atoms with Gasteiger partial charge in [-0.15, -0.1) is 0 Å². The molecule has 3 aromatic carbocycles. The van der Waals surface area contributed by atoms with E-state index in [1.165, 1.54) is 38.5 Å². The van der Waals surface area contributed by atoms with Crippen LogP contribution in [0.4, 0.5) is 13.2 Å². The maximum Gasteiger partial charge on any atom is 0.417 e. The highest BCUT2D eigenvalue weighted by molar-refractivity contribution is 6.00. The molecule has 0 amide bonds. The van der Waals surface area contributed by atoms with Gasteiger partial charge in [0, 0.05) is 26.3 Å². The predicted molar refractivity (Wildman–Crippen MR) is 140 cm³/mol. The van der Waals surface area contributed by atoms with E-state index in [1.807, 2.05) is 19.0 Å². The number of ether oxygens (including phenoxy) is 5. The summed E-state index contributed by atoms with van der Waals surface area (Å²) in [5.74, 6) is 1.46. The Labute approximate surface area is 221 Å². The minimum absolute atomic E-state index is 0.00304. The topological polar surface area (TPSA) is 49.4 Å². The SMILES string of the molecule is COCOc1ccc(C(=C(c2ccc(OCOC)cc2)C(F)(F)F)c2ccc(OCCN(C)C)cc2)cc1. The molecule has 0 fully saturated rings. The standard InChI is InChI=1S/C29H32F3NO5/c1-33(2)17-18-36-24-11-5-21(6-12-24)27(22-7-13-25(14-8-22)37-19-34-3)28(29(30,31)32)23-9-15-26(16-10-23)38-20-35-4/h5-16H,17-20H2,1-4H3. The van der Waals surface area contributed by atoms with Crippen LogP contribution in [0, 0.1) is 0 Å².